The van der Waals surface area contributed by atoms with Gasteiger partial charge in [0.15, 0.2) is 0 Å². The van der Waals surface area contributed by atoms with Crippen molar-refractivity contribution in [3.05, 3.63) is 0 Å². The summed E-state index contributed by atoms with van der Waals surface area (Å²) in [6.07, 6.45) is 5.50. The zero-order chi connectivity index (χ0) is 14.5. The number of nitrogens with one attached hydrogen (secondary N) is 1. The van der Waals surface area contributed by atoms with E-state index in [0.717, 1.165) is 25.6 Å². The molecule has 114 valence electrons. The number of rotatable bonds is 6. The predicted molar refractivity (Wildman–Crippen MR) is 83.5 cm³/mol. The fraction of sp³-hybridized carbons (Fsp3) is 1.00. The molecule has 1 saturated carbocycles. The largest absolute Gasteiger partial charge is 0.377 e. The maximum absolute atomic E-state index is 6.06. The first-order valence-electron chi connectivity index (χ1n) is 8.00. The summed E-state index contributed by atoms with van der Waals surface area (Å²) in [7, 11) is 0. The van der Waals surface area contributed by atoms with Crippen LogP contribution in [-0.2, 0) is 4.74 Å². The molecule has 0 aromatic carbocycles. The summed E-state index contributed by atoms with van der Waals surface area (Å²) in [5.41, 5.74) is 0.888. The van der Waals surface area contributed by atoms with Crippen molar-refractivity contribution in [1.29, 1.82) is 0 Å². The summed E-state index contributed by atoms with van der Waals surface area (Å²) in [4.78, 5) is 0. The molecule has 19 heavy (non-hydrogen) atoms. The van der Waals surface area contributed by atoms with Gasteiger partial charge >= 0.3 is 0 Å². The van der Waals surface area contributed by atoms with Gasteiger partial charge in [0, 0.05) is 6.54 Å². The second-order valence-electron chi connectivity index (χ2n) is 8.47. The first kappa shape index (κ1) is 17.0. The lowest BCUT2D eigenvalue weighted by molar-refractivity contribution is -0.0213. The Bertz CT molecular complexity index is 254. The summed E-state index contributed by atoms with van der Waals surface area (Å²) >= 11 is 0. The van der Waals surface area contributed by atoms with E-state index in [0.29, 0.717) is 16.9 Å². The van der Waals surface area contributed by atoms with E-state index >= 15 is 0 Å². The maximum atomic E-state index is 6.06. The van der Waals surface area contributed by atoms with Crippen LogP contribution in [-0.4, -0.2) is 25.8 Å². The molecule has 1 rings (SSSR count). The molecule has 2 heteroatoms. The Hall–Kier alpha value is -0.0800. The first-order valence-corrected chi connectivity index (χ1v) is 8.00. The SMILES string of the molecule is CC1CC(OCCNCCC(C)(C)C)CC(C)(C)C1. The van der Waals surface area contributed by atoms with E-state index in [-0.39, 0.29) is 0 Å². The molecular weight excluding hydrogens is 234 g/mol. The van der Waals surface area contributed by atoms with Crippen molar-refractivity contribution in [2.45, 2.75) is 73.3 Å². The van der Waals surface area contributed by atoms with Gasteiger partial charge in [-0.3, -0.25) is 0 Å². The topological polar surface area (TPSA) is 21.3 Å². The van der Waals surface area contributed by atoms with Gasteiger partial charge in [0.2, 0.25) is 0 Å². The van der Waals surface area contributed by atoms with E-state index in [2.05, 4.69) is 46.9 Å². The van der Waals surface area contributed by atoms with Crippen molar-refractivity contribution in [2.24, 2.45) is 16.7 Å². The van der Waals surface area contributed by atoms with Crippen LogP contribution in [0.25, 0.3) is 0 Å². The number of ether oxygens (including phenoxy) is 1. The van der Waals surface area contributed by atoms with E-state index in [1.807, 2.05) is 0 Å². The smallest absolute Gasteiger partial charge is 0.0594 e. The Labute approximate surface area is 120 Å². The molecule has 1 N–H and O–H groups in total. The molecular formula is C17H35NO. The van der Waals surface area contributed by atoms with Crippen LogP contribution in [0.5, 0.6) is 0 Å². The van der Waals surface area contributed by atoms with Crippen LogP contribution in [0.3, 0.4) is 0 Å². The zero-order valence-electron chi connectivity index (χ0n) is 14.0. The van der Waals surface area contributed by atoms with E-state index in [9.17, 15) is 0 Å². The van der Waals surface area contributed by atoms with Crippen LogP contribution in [0.2, 0.25) is 0 Å². The molecule has 0 spiro atoms. The fourth-order valence-corrected chi connectivity index (χ4v) is 3.27. The quantitative estimate of drug-likeness (QED) is 0.728. The molecule has 1 fully saturated rings. The molecule has 0 aliphatic heterocycles. The minimum absolute atomic E-state index is 0.427. The highest BCUT2D eigenvalue weighted by atomic mass is 16.5. The van der Waals surface area contributed by atoms with Gasteiger partial charge in [0.05, 0.1) is 12.7 Å². The zero-order valence-corrected chi connectivity index (χ0v) is 14.0. The van der Waals surface area contributed by atoms with Crippen molar-refractivity contribution in [3.8, 4) is 0 Å². The Balaban J connectivity index is 2.09. The highest BCUT2D eigenvalue weighted by Gasteiger charge is 2.32. The maximum Gasteiger partial charge on any atom is 0.0594 e. The lowest BCUT2D eigenvalue weighted by atomic mass is 9.71. The van der Waals surface area contributed by atoms with E-state index in [1.165, 1.54) is 25.7 Å². The number of hydrogen-bond donors (Lipinski definition) is 1. The van der Waals surface area contributed by atoms with Crippen molar-refractivity contribution < 1.29 is 4.74 Å². The Morgan fingerprint density at radius 2 is 1.84 bits per heavy atom. The monoisotopic (exact) mass is 269 g/mol. The molecule has 0 aromatic rings. The summed E-state index contributed by atoms with van der Waals surface area (Å²) in [5.74, 6) is 0.808. The molecule has 0 saturated heterocycles. The molecule has 2 atom stereocenters. The van der Waals surface area contributed by atoms with Gasteiger partial charge < -0.3 is 10.1 Å². The minimum atomic E-state index is 0.427. The Kier molecular flexibility index (Phi) is 6.32. The van der Waals surface area contributed by atoms with Gasteiger partial charge in [0.25, 0.3) is 0 Å². The third-order valence-electron chi connectivity index (χ3n) is 4.03. The molecule has 0 aromatic heterocycles. The number of hydrogen-bond acceptors (Lipinski definition) is 2. The first-order chi connectivity index (χ1) is 8.68. The van der Waals surface area contributed by atoms with E-state index in [1.54, 1.807) is 0 Å². The van der Waals surface area contributed by atoms with E-state index in [4.69, 9.17) is 4.74 Å². The Morgan fingerprint density at radius 1 is 1.16 bits per heavy atom. The van der Waals surface area contributed by atoms with Crippen LogP contribution >= 0.6 is 0 Å². The third-order valence-corrected chi connectivity index (χ3v) is 4.03. The second-order valence-corrected chi connectivity index (χ2v) is 8.47. The van der Waals surface area contributed by atoms with Crippen LogP contribution < -0.4 is 5.32 Å². The summed E-state index contributed by atoms with van der Waals surface area (Å²) in [5, 5.41) is 3.49. The van der Waals surface area contributed by atoms with Crippen LogP contribution in [0.1, 0.15) is 67.2 Å². The van der Waals surface area contributed by atoms with Gasteiger partial charge in [-0.05, 0) is 49.0 Å². The summed E-state index contributed by atoms with van der Waals surface area (Å²) in [6, 6.07) is 0. The lowest BCUT2D eigenvalue weighted by Crippen LogP contribution is -2.34. The highest BCUT2D eigenvalue weighted by molar-refractivity contribution is 4.83. The van der Waals surface area contributed by atoms with Crippen molar-refractivity contribution in [1.82, 2.24) is 5.32 Å². The highest BCUT2D eigenvalue weighted by Crippen LogP contribution is 2.39. The fourth-order valence-electron chi connectivity index (χ4n) is 3.27. The molecule has 0 amide bonds. The van der Waals surface area contributed by atoms with Crippen molar-refractivity contribution in [3.63, 3.8) is 0 Å². The van der Waals surface area contributed by atoms with Crippen molar-refractivity contribution in [2.75, 3.05) is 19.7 Å². The molecule has 1 aliphatic carbocycles. The van der Waals surface area contributed by atoms with Gasteiger partial charge in [-0.25, -0.2) is 0 Å². The lowest BCUT2D eigenvalue weighted by Gasteiger charge is -2.38. The predicted octanol–water partition coefficient (Wildman–Crippen LogP) is 4.24. The summed E-state index contributed by atoms with van der Waals surface area (Å²) in [6.45, 7) is 16.9. The van der Waals surface area contributed by atoms with E-state index < -0.39 is 0 Å². The van der Waals surface area contributed by atoms with Crippen LogP contribution in [0, 0.1) is 16.7 Å². The molecule has 1 aliphatic rings. The second kappa shape index (κ2) is 7.08. The molecule has 2 unspecified atom stereocenters. The van der Waals surface area contributed by atoms with Gasteiger partial charge in [0.1, 0.15) is 0 Å². The van der Waals surface area contributed by atoms with Crippen molar-refractivity contribution >= 4 is 0 Å². The van der Waals surface area contributed by atoms with Gasteiger partial charge in [-0.15, -0.1) is 0 Å². The minimum Gasteiger partial charge on any atom is -0.377 e. The normalized spacial score (nSPS) is 27.5. The van der Waals surface area contributed by atoms with Crippen LogP contribution in [0.4, 0.5) is 0 Å². The molecule has 0 heterocycles. The standard InChI is InChI=1S/C17H35NO/c1-14-11-15(13-17(5,6)12-14)19-10-9-18-8-7-16(2,3)4/h14-15,18H,7-13H2,1-6H3. The summed E-state index contributed by atoms with van der Waals surface area (Å²) < 4.78 is 6.06. The molecule has 2 nitrogen and oxygen atoms in total. The third kappa shape index (κ3) is 7.94. The average molecular weight is 269 g/mol. The van der Waals surface area contributed by atoms with Crippen LogP contribution in [0.15, 0.2) is 0 Å². The average Bonchev–Trinajstić information content (AvgIpc) is 2.18. The van der Waals surface area contributed by atoms with Gasteiger partial charge in [-0.1, -0.05) is 41.5 Å². The van der Waals surface area contributed by atoms with Gasteiger partial charge in [-0.2, -0.15) is 0 Å². The molecule has 0 radical (unpaired) electrons. The Morgan fingerprint density at radius 3 is 2.42 bits per heavy atom. The molecule has 0 bridgehead atoms.